The van der Waals surface area contributed by atoms with E-state index in [-0.39, 0.29) is 13.2 Å². The molecule has 0 saturated heterocycles. The second-order valence-electron chi connectivity index (χ2n) is 2.05. The second kappa shape index (κ2) is 7.30. The maximum absolute atomic E-state index is 10.7. The van der Waals surface area contributed by atoms with Crippen LogP contribution in [0.3, 0.4) is 0 Å². The van der Waals surface area contributed by atoms with Gasteiger partial charge in [0.1, 0.15) is 19.8 Å². The molecule has 0 radical (unpaired) electrons. The fourth-order valence-electron chi connectivity index (χ4n) is 0.528. The summed E-state index contributed by atoms with van der Waals surface area (Å²) >= 11 is 0. The van der Waals surface area contributed by atoms with Crippen LogP contribution < -0.4 is 0 Å². The lowest BCUT2D eigenvalue weighted by Crippen LogP contribution is -2.14. The Hall–Kier alpha value is -1.36. The number of carbonyl (C=O) groups is 2. The van der Waals surface area contributed by atoms with E-state index in [9.17, 15) is 9.59 Å². The highest BCUT2D eigenvalue weighted by Crippen LogP contribution is 1.83. The van der Waals surface area contributed by atoms with Crippen molar-refractivity contribution in [2.24, 2.45) is 0 Å². The van der Waals surface area contributed by atoms with Gasteiger partial charge in [0.2, 0.25) is 0 Å². The van der Waals surface area contributed by atoms with Gasteiger partial charge in [0, 0.05) is 6.08 Å². The molecule has 0 bridgehead atoms. The van der Waals surface area contributed by atoms with E-state index in [1.54, 1.807) is 13.0 Å². The van der Waals surface area contributed by atoms with Gasteiger partial charge in [0.05, 0.1) is 0 Å². The van der Waals surface area contributed by atoms with Gasteiger partial charge in [-0.15, -0.1) is 0 Å². The fourth-order valence-corrected chi connectivity index (χ4v) is 0.528. The van der Waals surface area contributed by atoms with Crippen LogP contribution in [0, 0.1) is 0 Å². The first-order valence-corrected chi connectivity index (χ1v) is 3.76. The minimum atomic E-state index is -0.734. The quantitative estimate of drug-likeness (QED) is 0.362. The average Bonchev–Trinajstić information content (AvgIpc) is 2.12. The Morgan fingerprint density at radius 2 is 1.92 bits per heavy atom. The topological polar surface area (TPSA) is 72.8 Å². The molecule has 0 heterocycles. The van der Waals surface area contributed by atoms with Crippen LogP contribution in [-0.2, 0) is 19.1 Å². The number of aliphatic hydroxyl groups excluding tert-OH is 1. The molecule has 0 spiro atoms. The van der Waals surface area contributed by atoms with Gasteiger partial charge in [-0.3, -0.25) is 0 Å². The minimum absolute atomic E-state index is 0.00505. The maximum Gasteiger partial charge on any atom is 0.331 e. The van der Waals surface area contributed by atoms with E-state index in [0.29, 0.717) is 0 Å². The van der Waals surface area contributed by atoms with E-state index in [0.717, 1.165) is 0 Å². The van der Waals surface area contributed by atoms with Crippen LogP contribution in [0.25, 0.3) is 0 Å². The predicted octanol–water partition coefficient (Wildman–Crippen LogP) is -0.359. The fraction of sp³-hybridized carbons (Fsp3) is 0.500. The SMILES string of the molecule is CC=CC(=O)OCCOC(=O)CO. The van der Waals surface area contributed by atoms with E-state index >= 15 is 0 Å². The number of allylic oxidation sites excluding steroid dienone is 1. The zero-order valence-electron chi connectivity index (χ0n) is 7.36. The molecule has 5 nitrogen and oxygen atoms in total. The zero-order valence-corrected chi connectivity index (χ0v) is 7.36. The highest BCUT2D eigenvalue weighted by Gasteiger charge is 2.00. The summed E-state index contributed by atoms with van der Waals surface area (Å²) in [6, 6.07) is 0. The Balaban J connectivity index is 3.35. The normalized spacial score (nSPS) is 10.0. The molecule has 0 atom stereocenters. The van der Waals surface area contributed by atoms with Crippen LogP contribution in [-0.4, -0.2) is 36.9 Å². The number of ether oxygens (including phenoxy) is 2. The van der Waals surface area contributed by atoms with Crippen LogP contribution in [0.1, 0.15) is 6.92 Å². The van der Waals surface area contributed by atoms with Gasteiger partial charge in [0.25, 0.3) is 0 Å². The smallest absolute Gasteiger partial charge is 0.331 e. The Kier molecular flexibility index (Phi) is 6.53. The van der Waals surface area contributed by atoms with Gasteiger partial charge in [-0.05, 0) is 6.92 Å². The Labute approximate surface area is 75.9 Å². The van der Waals surface area contributed by atoms with Crippen LogP contribution in [0.4, 0.5) is 0 Å². The van der Waals surface area contributed by atoms with E-state index in [2.05, 4.69) is 9.47 Å². The molecule has 0 aliphatic rings. The van der Waals surface area contributed by atoms with Gasteiger partial charge in [0.15, 0.2) is 0 Å². The molecule has 0 aromatic carbocycles. The Morgan fingerprint density at radius 1 is 1.31 bits per heavy atom. The number of aliphatic hydroxyl groups is 1. The van der Waals surface area contributed by atoms with E-state index in [1.807, 2.05) is 0 Å². The van der Waals surface area contributed by atoms with Gasteiger partial charge >= 0.3 is 11.9 Å². The molecule has 0 amide bonds. The molecule has 0 aliphatic carbocycles. The average molecular weight is 188 g/mol. The molecule has 0 aromatic rings. The van der Waals surface area contributed by atoms with E-state index < -0.39 is 18.5 Å². The first-order chi connectivity index (χ1) is 6.20. The maximum atomic E-state index is 10.7. The zero-order chi connectivity index (χ0) is 10.1. The van der Waals surface area contributed by atoms with Gasteiger partial charge < -0.3 is 14.6 Å². The third kappa shape index (κ3) is 7.02. The third-order valence-corrected chi connectivity index (χ3v) is 1.02. The molecular formula is C8H12O5. The van der Waals surface area contributed by atoms with E-state index in [4.69, 9.17) is 5.11 Å². The summed E-state index contributed by atoms with van der Waals surface area (Å²) in [7, 11) is 0. The first-order valence-electron chi connectivity index (χ1n) is 3.76. The molecule has 0 unspecified atom stereocenters. The number of hydrogen-bond acceptors (Lipinski definition) is 5. The molecule has 0 rings (SSSR count). The summed E-state index contributed by atoms with van der Waals surface area (Å²) in [6.45, 7) is 0.980. The van der Waals surface area contributed by atoms with Crippen molar-refractivity contribution < 1.29 is 24.2 Å². The molecule has 1 N–H and O–H groups in total. The summed E-state index contributed by atoms with van der Waals surface area (Å²) in [5.74, 6) is -1.22. The van der Waals surface area contributed by atoms with Crippen molar-refractivity contribution >= 4 is 11.9 Å². The first kappa shape index (κ1) is 11.6. The van der Waals surface area contributed by atoms with Crippen molar-refractivity contribution in [2.75, 3.05) is 19.8 Å². The summed E-state index contributed by atoms with van der Waals surface area (Å²) < 4.78 is 9.02. The predicted molar refractivity (Wildman–Crippen MR) is 43.8 cm³/mol. The summed E-state index contributed by atoms with van der Waals surface area (Å²) in [6.07, 6.45) is 2.80. The number of hydrogen-bond donors (Lipinski definition) is 1. The molecular weight excluding hydrogens is 176 g/mol. The van der Waals surface area contributed by atoms with Crippen molar-refractivity contribution in [2.45, 2.75) is 6.92 Å². The molecule has 0 aromatic heterocycles. The van der Waals surface area contributed by atoms with Crippen molar-refractivity contribution in [3.63, 3.8) is 0 Å². The molecule has 13 heavy (non-hydrogen) atoms. The van der Waals surface area contributed by atoms with Gasteiger partial charge in [-0.1, -0.05) is 6.08 Å². The molecule has 0 fully saturated rings. The summed E-state index contributed by atoms with van der Waals surface area (Å²) in [4.78, 5) is 21.0. The van der Waals surface area contributed by atoms with Gasteiger partial charge in [-0.25, -0.2) is 9.59 Å². The minimum Gasteiger partial charge on any atom is -0.460 e. The van der Waals surface area contributed by atoms with Crippen molar-refractivity contribution in [1.29, 1.82) is 0 Å². The summed E-state index contributed by atoms with van der Waals surface area (Å²) in [5, 5.41) is 8.23. The van der Waals surface area contributed by atoms with Gasteiger partial charge in [-0.2, -0.15) is 0 Å². The van der Waals surface area contributed by atoms with Crippen LogP contribution >= 0.6 is 0 Å². The van der Waals surface area contributed by atoms with Crippen LogP contribution in [0.5, 0.6) is 0 Å². The number of rotatable bonds is 5. The monoisotopic (exact) mass is 188 g/mol. The molecule has 74 valence electrons. The highest BCUT2D eigenvalue weighted by atomic mass is 16.6. The standard InChI is InChI=1S/C8H12O5/c1-2-3-7(10)12-4-5-13-8(11)6-9/h2-3,9H,4-6H2,1H3. The Bertz CT molecular complexity index is 197. The number of carbonyl (C=O) groups excluding carboxylic acids is 2. The van der Waals surface area contributed by atoms with Crippen LogP contribution in [0.2, 0.25) is 0 Å². The Morgan fingerprint density at radius 3 is 2.46 bits per heavy atom. The van der Waals surface area contributed by atoms with Crippen molar-refractivity contribution in [3.05, 3.63) is 12.2 Å². The molecule has 0 saturated carbocycles. The molecule has 5 heteroatoms. The summed E-state index contributed by atoms with van der Waals surface area (Å²) in [5.41, 5.74) is 0. The number of esters is 2. The van der Waals surface area contributed by atoms with Crippen LogP contribution in [0.15, 0.2) is 12.2 Å². The van der Waals surface area contributed by atoms with Crippen molar-refractivity contribution in [1.82, 2.24) is 0 Å². The second-order valence-corrected chi connectivity index (χ2v) is 2.05. The largest absolute Gasteiger partial charge is 0.460 e. The lowest BCUT2D eigenvalue weighted by Gasteiger charge is -2.02. The molecule has 0 aliphatic heterocycles. The lowest BCUT2D eigenvalue weighted by atomic mass is 10.5. The van der Waals surface area contributed by atoms with E-state index in [1.165, 1.54) is 6.08 Å². The third-order valence-electron chi connectivity index (χ3n) is 1.02. The van der Waals surface area contributed by atoms with Crippen molar-refractivity contribution in [3.8, 4) is 0 Å². The lowest BCUT2D eigenvalue weighted by molar-refractivity contribution is -0.151. The highest BCUT2D eigenvalue weighted by molar-refractivity contribution is 5.81.